The number of methoxy groups -OCH3 is 2. The maximum atomic E-state index is 13.7. The summed E-state index contributed by atoms with van der Waals surface area (Å²) in [6, 6.07) is 11.7. The number of halogens is 1. The predicted octanol–water partition coefficient (Wildman–Crippen LogP) is 3.26. The van der Waals surface area contributed by atoms with Gasteiger partial charge in [0.05, 0.1) is 26.7 Å². The Balaban J connectivity index is 2.00. The Morgan fingerprint density at radius 2 is 1.96 bits per heavy atom. The van der Waals surface area contributed by atoms with Crippen LogP contribution in [0.25, 0.3) is 0 Å². The highest BCUT2D eigenvalue weighted by molar-refractivity contribution is 5.79. The number of hydrogen-bond acceptors (Lipinski definition) is 3. The van der Waals surface area contributed by atoms with E-state index in [4.69, 9.17) is 9.47 Å². The normalized spacial score (nSPS) is 11.7. The minimum atomic E-state index is -0.445. The first-order chi connectivity index (χ1) is 11.0. The lowest BCUT2D eigenvalue weighted by atomic mass is 10.1. The van der Waals surface area contributed by atoms with Crippen LogP contribution in [0.2, 0.25) is 0 Å². The molecule has 1 unspecified atom stereocenters. The van der Waals surface area contributed by atoms with Crippen molar-refractivity contribution in [2.45, 2.75) is 19.4 Å². The summed E-state index contributed by atoms with van der Waals surface area (Å²) in [4.78, 5) is 12.1. The van der Waals surface area contributed by atoms with E-state index < -0.39 is 5.82 Å². The molecule has 0 aliphatic rings. The zero-order valence-electron chi connectivity index (χ0n) is 13.4. The van der Waals surface area contributed by atoms with Gasteiger partial charge < -0.3 is 14.8 Å². The standard InChI is InChI=1S/C18H20FNO3/c1-12(14-7-8-17(23-3)16(19)11-14)20-18(21)10-13-5-4-6-15(9-13)22-2/h4-9,11-12H,10H2,1-3H3,(H,20,21). The number of carbonyl (C=O) groups is 1. The number of hydrogen-bond donors (Lipinski definition) is 1. The van der Waals surface area contributed by atoms with Gasteiger partial charge in [0.2, 0.25) is 5.91 Å². The monoisotopic (exact) mass is 317 g/mol. The summed E-state index contributed by atoms with van der Waals surface area (Å²) in [5.41, 5.74) is 1.54. The van der Waals surface area contributed by atoms with E-state index in [2.05, 4.69) is 5.32 Å². The molecule has 1 amide bonds. The van der Waals surface area contributed by atoms with Gasteiger partial charge in [0, 0.05) is 0 Å². The number of ether oxygens (including phenoxy) is 2. The van der Waals surface area contributed by atoms with Gasteiger partial charge in [-0.3, -0.25) is 4.79 Å². The van der Waals surface area contributed by atoms with Gasteiger partial charge in [-0.15, -0.1) is 0 Å². The Labute approximate surface area is 135 Å². The molecule has 0 aliphatic heterocycles. The third kappa shape index (κ3) is 4.45. The van der Waals surface area contributed by atoms with Gasteiger partial charge in [-0.25, -0.2) is 4.39 Å². The number of nitrogens with one attached hydrogen (secondary N) is 1. The van der Waals surface area contributed by atoms with Crippen LogP contribution in [0, 0.1) is 5.82 Å². The van der Waals surface area contributed by atoms with Crippen LogP contribution >= 0.6 is 0 Å². The van der Waals surface area contributed by atoms with Gasteiger partial charge in [0.15, 0.2) is 11.6 Å². The fourth-order valence-electron chi connectivity index (χ4n) is 2.30. The van der Waals surface area contributed by atoms with E-state index in [0.717, 1.165) is 5.56 Å². The first-order valence-corrected chi connectivity index (χ1v) is 7.29. The molecule has 0 fully saturated rings. The van der Waals surface area contributed by atoms with E-state index >= 15 is 0 Å². The van der Waals surface area contributed by atoms with Gasteiger partial charge in [-0.1, -0.05) is 18.2 Å². The quantitative estimate of drug-likeness (QED) is 0.889. The molecule has 0 heterocycles. The molecule has 2 rings (SSSR count). The molecule has 5 heteroatoms. The van der Waals surface area contributed by atoms with Crippen LogP contribution in [0.5, 0.6) is 11.5 Å². The third-order valence-electron chi connectivity index (χ3n) is 3.55. The summed E-state index contributed by atoms with van der Waals surface area (Å²) in [6.07, 6.45) is 0.236. The van der Waals surface area contributed by atoms with Crippen LogP contribution < -0.4 is 14.8 Å². The first-order valence-electron chi connectivity index (χ1n) is 7.29. The minimum absolute atomic E-state index is 0.137. The Kier molecular flexibility index (Phi) is 5.57. The highest BCUT2D eigenvalue weighted by Crippen LogP contribution is 2.22. The predicted molar refractivity (Wildman–Crippen MR) is 86.2 cm³/mol. The molecule has 23 heavy (non-hydrogen) atoms. The molecule has 2 aromatic rings. The smallest absolute Gasteiger partial charge is 0.224 e. The molecular formula is C18H20FNO3. The van der Waals surface area contributed by atoms with Crippen molar-refractivity contribution in [1.82, 2.24) is 5.32 Å². The highest BCUT2D eigenvalue weighted by Gasteiger charge is 2.13. The largest absolute Gasteiger partial charge is 0.497 e. The van der Waals surface area contributed by atoms with Gasteiger partial charge in [0.1, 0.15) is 5.75 Å². The molecule has 1 atom stereocenters. The average molecular weight is 317 g/mol. The summed E-state index contributed by atoms with van der Waals surface area (Å²) >= 11 is 0. The molecular weight excluding hydrogens is 297 g/mol. The van der Waals surface area contributed by atoms with Crippen LogP contribution in [-0.2, 0) is 11.2 Å². The number of rotatable bonds is 6. The summed E-state index contributed by atoms with van der Waals surface area (Å²) in [5.74, 6) is 0.310. The summed E-state index contributed by atoms with van der Waals surface area (Å²) < 4.78 is 23.8. The molecule has 0 bridgehead atoms. The third-order valence-corrected chi connectivity index (χ3v) is 3.55. The second-order valence-corrected chi connectivity index (χ2v) is 5.21. The minimum Gasteiger partial charge on any atom is -0.497 e. The van der Waals surface area contributed by atoms with Crippen LogP contribution in [0.1, 0.15) is 24.1 Å². The van der Waals surface area contributed by atoms with Crippen molar-refractivity contribution in [3.05, 3.63) is 59.4 Å². The van der Waals surface area contributed by atoms with Crippen molar-refractivity contribution in [3.8, 4) is 11.5 Å². The molecule has 0 saturated heterocycles. The Morgan fingerprint density at radius 3 is 2.61 bits per heavy atom. The van der Waals surface area contributed by atoms with Crippen LogP contribution in [-0.4, -0.2) is 20.1 Å². The number of benzene rings is 2. The average Bonchev–Trinajstić information content (AvgIpc) is 2.54. The van der Waals surface area contributed by atoms with E-state index in [-0.39, 0.29) is 24.1 Å². The van der Waals surface area contributed by atoms with Gasteiger partial charge in [0.25, 0.3) is 0 Å². The molecule has 0 aliphatic carbocycles. The van der Waals surface area contributed by atoms with Gasteiger partial charge in [-0.05, 0) is 42.3 Å². The van der Waals surface area contributed by atoms with Crippen LogP contribution in [0.15, 0.2) is 42.5 Å². The van der Waals surface area contributed by atoms with Gasteiger partial charge in [-0.2, -0.15) is 0 Å². The van der Waals surface area contributed by atoms with Crippen molar-refractivity contribution in [2.24, 2.45) is 0 Å². The molecule has 0 aromatic heterocycles. The fourth-order valence-corrected chi connectivity index (χ4v) is 2.30. The van der Waals surface area contributed by atoms with Crippen LogP contribution in [0.3, 0.4) is 0 Å². The zero-order chi connectivity index (χ0) is 16.8. The van der Waals surface area contributed by atoms with E-state index in [0.29, 0.717) is 11.3 Å². The van der Waals surface area contributed by atoms with Crippen molar-refractivity contribution < 1.29 is 18.7 Å². The lowest BCUT2D eigenvalue weighted by Gasteiger charge is -2.15. The van der Waals surface area contributed by atoms with Crippen molar-refractivity contribution >= 4 is 5.91 Å². The van der Waals surface area contributed by atoms with E-state index in [1.54, 1.807) is 19.2 Å². The number of carbonyl (C=O) groups excluding carboxylic acids is 1. The molecule has 0 saturated carbocycles. The molecule has 1 N–H and O–H groups in total. The maximum Gasteiger partial charge on any atom is 0.224 e. The second kappa shape index (κ2) is 7.63. The topological polar surface area (TPSA) is 47.6 Å². The SMILES string of the molecule is COc1cccc(CC(=O)NC(C)c2ccc(OC)c(F)c2)c1. The molecule has 4 nitrogen and oxygen atoms in total. The lowest BCUT2D eigenvalue weighted by Crippen LogP contribution is -2.28. The number of amides is 1. The van der Waals surface area contributed by atoms with Crippen molar-refractivity contribution in [2.75, 3.05) is 14.2 Å². The summed E-state index contributed by atoms with van der Waals surface area (Å²) in [6.45, 7) is 1.81. The molecule has 122 valence electrons. The second-order valence-electron chi connectivity index (χ2n) is 5.21. The summed E-state index contributed by atoms with van der Waals surface area (Å²) in [7, 11) is 3.00. The fraction of sp³-hybridized carbons (Fsp3) is 0.278. The maximum absolute atomic E-state index is 13.7. The summed E-state index contributed by atoms with van der Waals surface area (Å²) in [5, 5.41) is 2.86. The van der Waals surface area contributed by atoms with Gasteiger partial charge >= 0.3 is 0 Å². The Bertz CT molecular complexity index is 688. The molecule has 2 aromatic carbocycles. The van der Waals surface area contributed by atoms with E-state index in [9.17, 15) is 9.18 Å². The Hall–Kier alpha value is -2.56. The molecule has 0 spiro atoms. The molecule has 0 radical (unpaired) electrons. The van der Waals surface area contributed by atoms with Crippen LogP contribution in [0.4, 0.5) is 4.39 Å². The highest BCUT2D eigenvalue weighted by atomic mass is 19.1. The van der Waals surface area contributed by atoms with E-state index in [1.807, 2.05) is 31.2 Å². The van der Waals surface area contributed by atoms with Crippen molar-refractivity contribution in [3.63, 3.8) is 0 Å². The van der Waals surface area contributed by atoms with E-state index in [1.165, 1.54) is 13.2 Å². The zero-order valence-corrected chi connectivity index (χ0v) is 13.4. The Morgan fingerprint density at radius 1 is 1.17 bits per heavy atom. The lowest BCUT2D eigenvalue weighted by molar-refractivity contribution is -0.121. The first kappa shape index (κ1) is 16.8. The van der Waals surface area contributed by atoms with Crippen molar-refractivity contribution in [1.29, 1.82) is 0 Å².